The van der Waals surface area contributed by atoms with E-state index in [0.717, 1.165) is 0 Å². The van der Waals surface area contributed by atoms with Gasteiger partial charge >= 0.3 is 6.18 Å². The Morgan fingerprint density at radius 3 is 2.70 bits per heavy atom. The summed E-state index contributed by atoms with van der Waals surface area (Å²) >= 11 is 4.81. The first-order chi connectivity index (χ1) is 12.7. The quantitative estimate of drug-likeness (QED) is 0.686. The van der Waals surface area contributed by atoms with Crippen molar-refractivity contribution in [2.24, 2.45) is 5.92 Å². The number of piperidine rings is 1. The molecule has 150 valence electrons. The molecule has 1 heterocycles. The van der Waals surface area contributed by atoms with Crippen LogP contribution in [0.1, 0.15) is 29.6 Å². The molecule has 1 fully saturated rings. The van der Waals surface area contributed by atoms with E-state index in [0.29, 0.717) is 28.6 Å². The van der Waals surface area contributed by atoms with Gasteiger partial charge in [0.1, 0.15) is 6.04 Å². The normalized spacial score (nSPS) is 18.9. The van der Waals surface area contributed by atoms with E-state index in [9.17, 15) is 22.8 Å². The van der Waals surface area contributed by atoms with E-state index in [2.05, 4.69) is 21.2 Å². The average Bonchev–Trinajstić information content (AvgIpc) is 2.64. The lowest BCUT2D eigenvalue weighted by Crippen LogP contribution is -2.53. The summed E-state index contributed by atoms with van der Waals surface area (Å²) in [5, 5.41) is 2.70. The Balaban J connectivity index is 2.11. The van der Waals surface area contributed by atoms with Crippen molar-refractivity contribution < 1.29 is 22.8 Å². The van der Waals surface area contributed by atoms with Crippen molar-refractivity contribution in [1.29, 1.82) is 0 Å². The van der Waals surface area contributed by atoms with Gasteiger partial charge in [-0.3, -0.25) is 9.59 Å². The number of halogens is 4. The molecule has 1 N–H and O–H groups in total. The van der Waals surface area contributed by atoms with E-state index in [4.69, 9.17) is 0 Å². The molecule has 0 saturated carbocycles. The number of carbonyl (C=O) groups excluding carboxylic acids is 2. The lowest BCUT2D eigenvalue weighted by Gasteiger charge is -2.35. The Kier molecular flexibility index (Phi) is 8.03. The highest BCUT2D eigenvalue weighted by molar-refractivity contribution is 9.10. The number of nitrogens with one attached hydrogen (secondary N) is 1. The number of alkyl halides is 3. The fourth-order valence-electron chi connectivity index (χ4n) is 3.04. The Bertz CT molecular complexity index is 672. The molecular weight excluding hydrogens is 445 g/mol. The third-order valence-electron chi connectivity index (χ3n) is 4.53. The van der Waals surface area contributed by atoms with Crippen LogP contribution in [0.4, 0.5) is 13.2 Å². The van der Waals surface area contributed by atoms with Crippen molar-refractivity contribution in [3.63, 3.8) is 0 Å². The van der Waals surface area contributed by atoms with Gasteiger partial charge in [0.25, 0.3) is 5.91 Å². The molecule has 2 rings (SSSR count). The summed E-state index contributed by atoms with van der Waals surface area (Å²) in [4.78, 5) is 26.6. The molecule has 0 spiro atoms. The second kappa shape index (κ2) is 9.82. The maximum absolute atomic E-state index is 13.0. The highest BCUT2D eigenvalue weighted by Gasteiger charge is 2.43. The molecule has 0 bridgehead atoms. The van der Waals surface area contributed by atoms with Gasteiger partial charge in [-0.15, -0.1) is 0 Å². The molecule has 2 amide bonds. The molecule has 4 nitrogen and oxygen atoms in total. The Morgan fingerprint density at radius 2 is 2.07 bits per heavy atom. The number of carbonyl (C=O) groups is 2. The van der Waals surface area contributed by atoms with Crippen LogP contribution in [-0.2, 0) is 4.79 Å². The first-order valence-corrected chi connectivity index (χ1v) is 10.8. The smallest absolute Gasteiger partial charge is 0.340 e. The number of rotatable bonds is 6. The average molecular weight is 467 g/mol. The number of nitrogens with zero attached hydrogens (tertiary/aromatic N) is 1. The maximum Gasteiger partial charge on any atom is 0.393 e. The monoisotopic (exact) mass is 466 g/mol. The number of hydrogen-bond acceptors (Lipinski definition) is 3. The third-order valence-corrected chi connectivity index (χ3v) is 5.86. The van der Waals surface area contributed by atoms with Crippen LogP contribution in [0, 0.1) is 5.92 Å². The fourth-order valence-corrected chi connectivity index (χ4v) is 3.98. The van der Waals surface area contributed by atoms with Crippen molar-refractivity contribution in [2.75, 3.05) is 25.1 Å². The summed E-state index contributed by atoms with van der Waals surface area (Å²) in [6.45, 7) is -0.0604. The second-order valence-corrected chi connectivity index (χ2v) is 8.29. The van der Waals surface area contributed by atoms with Gasteiger partial charge in [-0.05, 0) is 59.3 Å². The zero-order valence-electron chi connectivity index (χ0n) is 14.9. The van der Waals surface area contributed by atoms with Crippen molar-refractivity contribution in [2.45, 2.75) is 31.5 Å². The molecule has 0 unspecified atom stereocenters. The van der Waals surface area contributed by atoms with Gasteiger partial charge in [-0.1, -0.05) is 12.1 Å². The largest absolute Gasteiger partial charge is 0.393 e. The molecular formula is C18H22BrF3N2O2S. The van der Waals surface area contributed by atoms with E-state index < -0.39 is 30.0 Å². The summed E-state index contributed by atoms with van der Waals surface area (Å²) in [5.74, 6) is -1.76. The minimum absolute atomic E-state index is 0.0338. The minimum Gasteiger partial charge on any atom is -0.340 e. The summed E-state index contributed by atoms with van der Waals surface area (Å²) in [6.07, 6.45) is -1.73. The topological polar surface area (TPSA) is 49.4 Å². The van der Waals surface area contributed by atoms with Crippen molar-refractivity contribution in [3.8, 4) is 0 Å². The molecule has 1 aliphatic heterocycles. The SMILES string of the molecule is CSCC[C@@H](NC(=O)c1ccccc1Br)C(=O)N1CCC[C@H](C(F)(F)F)C1. The number of likely N-dealkylation sites (tertiary alicyclic amines) is 1. The number of amides is 2. The Hall–Kier alpha value is -1.22. The molecule has 1 saturated heterocycles. The molecule has 1 aliphatic rings. The van der Waals surface area contributed by atoms with E-state index >= 15 is 0 Å². The van der Waals surface area contributed by atoms with Crippen molar-refractivity contribution >= 4 is 39.5 Å². The fraction of sp³-hybridized carbons (Fsp3) is 0.556. The lowest BCUT2D eigenvalue weighted by molar-refractivity contribution is -0.188. The number of hydrogen-bond donors (Lipinski definition) is 1. The van der Waals surface area contributed by atoms with Gasteiger partial charge in [0.2, 0.25) is 5.91 Å². The van der Waals surface area contributed by atoms with Crippen LogP contribution in [0.2, 0.25) is 0 Å². The van der Waals surface area contributed by atoms with Crippen LogP contribution >= 0.6 is 27.7 Å². The molecule has 9 heteroatoms. The Labute approximate surface area is 169 Å². The molecule has 1 aromatic rings. The highest BCUT2D eigenvalue weighted by Crippen LogP contribution is 2.33. The lowest BCUT2D eigenvalue weighted by atomic mass is 9.96. The first kappa shape index (κ1) is 22.1. The van der Waals surface area contributed by atoms with Crippen LogP contribution < -0.4 is 5.32 Å². The highest BCUT2D eigenvalue weighted by atomic mass is 79.9. The molecule has 0 aliphatic carbocycles. The molecule has 27 heavy (non-hydrogen) atoms. The van der Waals surface area contributed by atoms with Crippen LogP contribution in [0.3, 0.4) is 0 Å². The predicted molar refractivity (Wildman–Crippen MR) is 104 cm³/mol. The van der Waals surface area contributed by atoms with Crippen molar-refractivity contribution in [3.05, 3.63) is 34.3 Å². The Morgan fingerprint density at radius 1 is 1.37 bits per heavy atom. The maximum atomic E-state index is 13.0. The van der Waals surface area contributed by atoms with Gasteiger partial charge in [0.15, 0.2) is 0 Å². The number of benzene rings is 1. The van der Waals surface area contributed by atoms with E-state index in [-0.39, 0.29) is 19.5 Å². The van der Waals surface area contributed by atoms with Gasteiger partial charge in [-0.2, -0.15) is 24.9 Å². The molecule has 0 aromatic heterocycles. The number of thioether (sulfide) groups is 1. The first-order valence-electron chi connectivity index (χ1n) is 8.64. The van der Waals surface area contributed by atoms with E-state index in [1.54, 1.807) is 24.3 Å². The summed E-state index contributed by atoms with van der Waals surface area (Å²) < 4.78 is 39.7. The van der Waals surface area contributed by atoms with Gasteiger partial charge in [0.05, 0.1) is 11.5 Å². The summed E-state index contributed by atoms with van der Waals surface area (Å²) in [6, 6.07) is 5.96. The van der Waals surface area contributed by atoms with Crippen LogP contribution in [0.5, 0.6) is 0 Å². The van der Waals surface area contributed by atoms with Gasteiger partial charge in [-0.25, -0.2) is 0 Å². The molecule has 1 aromatic carbocycles. The van der Waals surface area contributed by atoms with Crippen LogP contribution in [0.15, 0.2) is 28.7 Å². The molecule has 2 atom stereocenters. The standard InChI is InChI=1S/C18H22BrF3N2O2S/c1-27-10-8-15(23-16(25)13-6-2-3-7-14(13)19)17(26)24-9-4-5-12(11-24)18(20,21)22/h2-3,6-7,12,15H,4-5,8-11H2,1H3,(H,23,25)/t12-,15+/m0/s1. The van der Waals surface area contributed by atoms with Crippen LogP contribution in [-0.4, -0.2) is 54.0 Å². The van der Waals surface area contributed by atoms with Crippen LogP contribution in [0.25, 0.3) is 0 Å². The van der Waals surface area contributed by atoms with Crippen molar-refractivity contribution in [1.82, 2.24) is 10.2 Å². The zero-order valence-corrected chi connectivity index (χ0v) is 17.3. The minimum atomic E-state index is -4.31. The summed E-state index contributed by atoms with van der Waals surface area (Å²) in [7, 11) is 0. The second-order valence-electron chi connectivity index (χ2n) is 6.45. The zero-order chi connectivity index (χ0) is 20.0. The third kappa shape index (κ3) is 6.14. The predicted octanol–water partition coefficient (Wildman–Crippen LogP) is 4.10. The summed E-state index contributed by atoms with van der Waals surface area (Å²) in [5.41, 5.74) is 0.381. The van der Waals surface area contributed by atoms with E-state index in [1.165, 1.54) is 16.7 Å². The van der Waals surface area contributed by atoms with E-state index in [1.807, 2.05) is 6.26 Å². The van der Waals surface area contributed by atoms with Gasteiger partial charge < -0.3 is 10.2 Å². The molecule has 0 radical (unpaired) electrons. The van der Waals surface area contributed by atoms with Gasteiger partial charge in [0, 0.05) is 17.6 Å².